The number of pyridine rings is 2. The second-order valence-electron chi connectivity index (χ2n) is 5.29. The fourth-order valence-corrected chi connectivity index (χ4v) is 1.99. The van der Waals surface area contributed by atoms with Gasteiger partial charge in [-0.2, -0.15) is 0 Å². The standard InChI is InChI=1S/C16H19N3O/c1-11-3-7-15(10-17-11)20-16-8-4-13(12(2)19-16)9-18-14-5-6-14/h3-4,7-8,10,14,18H,5-6,9H2,1-2H3. The highest BCUT2D eigenvalue weighted by atomic mass is 16.5. The van der Waals surface area contributed by atoms with Gasteiger partial charge in [-0.1, -0.05) is 6.07 Å². The first kappa shape index (κ1) is 13.1. The molecule has 1 aliphatic carbocycles. The molecule has 0 aliphatic heterocycles. The van der Waals surface area contributed by atoms with Crippen molar-refractivity contribution in [2.75, 3.05) is 0 Å². The maximum atomic E-state index is 5.71. The minimum absolute atomic E-state index is 0.614. The van der Waals surface area contributed by atoms with Crippen LogP contribution in [0.25, 0.3) is 0 Å². The lowest BCUT2D eigenvalue weighted by molar-refractivity contribution is 0.458. The second kappa shape index (κ2) is 5.59. The zero-order valence-corrected chi connectivity index (χ0v) is 11.9. The average molecular weight is 269 g/mol. The summed E-state index contributed by atoms with van der Waals surface area (Å²) in [5.74, 6) is 1.33. The molecule has 4 nitrogen and oxygen atoms in total. The highest BCUT2D eigenvalue weighted by Crippen LogP contribution is 2.22. The van der Waals surface area contributed by atoms with Gasteiger partial charge in [-0.05, 0) is 44.4 Å². The molecule has 0 saturated heterocycles. The van der Waals surface area contributed by atoms with E-state index in [1.54, 1.807) is 6.20 Å². The summed E-state index contributed by atoms with van der Waals surface area (Å²) in [6.45, 7) is 4.86. The Labute approximate surface area is 119 Å². The quantitative estimate of drug-likeness (QED) is 0.906. The summed E-state index contributed by atoms with van der Waals surface area (Å²) in [5, 5.41) is 3.50. The lowest BCUT2D eigenvalue weighted by atomic mass is 10.2. The molecular weight excluding hydrogens is 250 g/mol. The van der Waals surface area contributed by atoms with Crippen molar-refractivity contribution in [2.45, 2.75) is 39.3 Å². The monoisotopic (exact) mass is 269 g/mol. The second-order valence-corrected chi connectivity index (χ2v) is 5.29. The fraction of sp³-hybridized carbons (Fsp3) is 0.375. The number of aromatic nitrogens is 2. The molecule has 2 aromatic rings. The molecule has 0 atom stereocenters. The van der Waals surface area contributed by atoms with Gasteiger partial charge < -0.3 is 10.1 Å². The Bertz CT molecular complexity index is 591. The molecule has 20 heavy (non-hydrogen) atoms. The van der Waals surface area contributed by atoms with E-state index in [1.807, 2.05) is 32.0 Å². The molecular formula is C16H19N3O. The molecule has 0 bridgehead atoms. The third-order valence-corrected chi connectivity index (χ3v) is 3.43. The summed E-state index contributed by atoms with van der Waals surface area (Å²) >= 11 is 0. The molecule has 2 heterocycles. The SMILES string of the molecule is Cc1ccc(Oc2ccc(CNC3CC3)c(C)n2)cn1. The summed E-state index contributed by atoms with van der Waals surface area (Å²) in [6, 6.07) is 8.53. The van der Waals surface area contributed by atoms with E-state index < -0.39 is 0 Å². The van der Waals surface area contributed by atoms with E-state index in [0.717, 1.165) is 17.9 Å². The van der Waals surface area contributed by atoms with Crippen molar-refractivity contribution < 1.29 is 4.74 Å². The van der Waals surface area contributed by atoms with Crippen LogP contribution in [0.15, 0.2) is 30.5 Å². The predicted molar refractivity (Wildman–Crippen MR) is 77.9 cm³/mol. The molecule has 104 valence electrons. The Morgan fingerprint density at radius 3 is 2.70 bits per heavy atom. The van der Waals surface area contributed by atoms with Gasteiger partial charge in [-0.15, -0.1) is 0 Å². The van der Waals surface area contributed by atoms with Gasteiger partial charge in [0.25, 0.3) is 0 Å². The Balaban J connectivity index is 1.67. The lowest BCUT2D eigenvalue weighted by Crippen LogP contribution is -2.16. The van der Waals surface area contributed by atoms with E-state index in [1.165, 1.54) is 18.4 Å². The molecule has 3 rings (SSSR count). The van der Waals surface area contributed by atoms with Crippen LogP contribution >= 0.6 is 0 Å². The molecule has 1 saturated carbocycles. The maximum absolute atomic E-state index is 5.71. The minimum atomic E-state index is 0.614. The summed E-state index contributed by atoms with van der Waals surface area (Å²) < 4.78 is 5.71. The average Bonchev–Trinajstić information content (AvgIpc) is 3.25. The van der Waals surface area contributed by atoms with E-state index in [0.29, 0.717) is 17.7 Å². The smallest absolute Gasteiger partial charge is 0.219 e. The number of nitrogens with one attached hydrogen (secondary N) is 1. The third kappa shape index (κ3) is 3.33. The molecule has 2 aromatic heterocycles. The van der Waals surface area contributed by atoms with Crippen molar-refractivity contribution >= 4 is 0 Å². The molecule has 1 N–H and O–H groups in total. The number of aryl methyl sites for hydroxylation is 2. The number of hydrogen-bond acceptors (Lipinski definition) is 4. The number of ether oxygens (including phenoxy) is 1. The van der Waals surface area contributed by atoms with Gasteiger partial charge in [-0.3, -0.25) is 4.98 Å². The minimum Gasteiger partial charge on any atom is -0.437 e. The molecule has 0 radical (unpaired) electrons. The van der Waals surface area contributed by atoms with Crippen LogP contribution in [-0.4, -0.2) is 16.0 Å². The van der Waals surface area contributed by atoms with Crippen LogP contribution in [0, 0.1) is 13.8 Å². The first-order valence-corrected chi connectivity index (χ1v) is 7.01. The zero-order valence-electron chi connectivity index (χ0n) is 11.9. The fourth-order valence-electron chi connectivity index (χ4n) is 1.99. The van der Waals surface area contributed by atoms with E-state index in [4.69, 9.17) is 4.74 Å². The Kier molecular flexibility index (Phi) is 3.65. The molecule has 0 spiro atoms. The number of hydrogen-bond donors (Lipinski definition) is 1. The summed E-state index contributed by atoms with van der Waals surface area (Å²) in [7, 11) is 0. The first-order chi connectivity index (χ1) is 9.70. The number of nitrogens with zero attached hydrogens (tertiary/aromatic N) is 2. The Hall–Kier alpha value is -1.94. The highest BCUT2D eigenvalue weighted by Gasteiger charge is 2.20. The molecule has 1 fully saturated rings. The van der Waals surface area contributed by atoms with E-state index in [9.17, 15) is 0 Å². The van der Waals surface area contributed by atoms with Gasteiger partial charge in [0.05, 0.1) is 6.20 Å². The molecule has 0 unspecified atom stereocenters. The molecule has 1 aliphatic rings. The highest BCUT2D eigenvalue weighted by molar-refractivity contribution is 5.29. The van der Waals surface area contributed by atoms with Crippen molar-refractivity contribution in [2.24, 2.45) is 0 Å². The van der Waals surface area contributed by atoms with Gasteiger partial charge in [0, 0.05) is 30.0 Å². The van der Waals surface area contributed by atoms with Crippen molar-refractivity contribution in [3.05, 3.63) is 47.4 Å². The van der Waals surface area contributed by atoms with Crippen molar-refractivity contribution in [3.8, 4) is 11.6 Å². The van der Waals surface area contributed by atoms with Crippen LogP contribution in [-0.2, 0) is 6.54 Å². The summed E-state index contributed by atoms with van der Waals surface area (Å²) in [6.07, 6.45) is 4.32. The summed E-state index contributed by atoms with van der Waals surface area (Å²) in [4.78, 5) is 8.71. The topological polar surface area (TPSA) is 47.0 Å². The van der Waals surface area contributed by atoms with Crippen LogP contribution in [0.3, 0.4) is 0 Å². The van der Waals surface area contributed by atoms with Crippen LogP contribution in [0.1, 0.15) is 29.8 Å². The van der Waals surface area contributed by atoms with Crippen molar-refractivity contribution in [3.63, 3.8) is 0 Å². The van der Waals surface area contributed by atoms with Crippen LogP contribution < -0.4 is 10.1 Å². The van der Waals surface area contributed by atoms with E-state index in [-0.39, 0.29) is 0 Å². The number of rotatable bonds is 5. The molecule has 0 aromatic carbocycles. The third-order valence-electron chi connectivity index (χ3n) is 3.43. The molecule has 4 heteroatoms. The zero-order chi connectivity index (χ0) is 13.9. The maximum Gasteiger partial charge on any atom is 0.219 e. The lowest BCUT2D eigenvalue weighted by Gasteiger charge is -2.09. The van der Waals surface area contributed by atoms with E-state index in [2.05, 4.69) is 21.4 Å². The van der Waals surface area contributed by atoms with Gasteiger partial charge >= 0.3 is 0 Å². The van der Waals surface area contributed by atoms with Gasteiger partial charge in [0.1, 0.15) is 5.75 Å². The van der Waals surface area contributed by atoms with Crippen LogP contribution in [0.2, 0.25) is 0 Å². The largest absolute Gasteiger partial charge is 0.437 e. The normalized spacial score (nSPS) is 14.3. The van der Waals surface area contributed by atoms with Gasteiger partial charge in [-0.25, -0.2) is 4.98 Å². The van der Waals surface area contributed by atoms with E-state index >= 15 is 0 Å². The molecule has 0 amide bonds. The van der Waals surface area contributed by atoms with Gasteiger partial charge in [0.2, 0.25) is 5.88 Å². The van der Waals surface area contributed by atoms with Crippen LogP contribution in [0.4, 0.5) is 0 Å². The van der Waals surface area contributed by atoms with Crippen LogP contribution in [0.5, 0.6) is 11.6 Å². The van der Waals surface area contributed by atoms with Crippen molar-refractivity contribution in [1.29, 1.82) is 0 Å². The van der Waals surface area contributed by atoms with Crippen molar-refractivity contribution in [1.82, 2.24) is 15.3 Å². The Morgan fingerprint density at radius 2 is 2.05 bits per heavy atom. The summed E-state index contributed by atoms with van der Waals surface area (Å²) in [5.41, 5.74) is 3.21. The predicted octanol–water partition coefficient (Wildman–Crippen LogP) is 3.14. The Morgan fingerprint density at radius 1 is 1.20 bits per heavy atom. The first-order valence-electron chi connectivity index (χ1n) is 7.01. The van der Waals surface area contributed by atoms with Gasteiger partial charge in [0.15, 0.2) is 0 Å².